The van der Waals surface area contributed by atoms with Crippen molar-refractivity contribution in [2.24, 2.45) is 5.41 Å². The summed E-state index contributed by atoms with van der Waals surface area (Å²) in [6.45, 7) is 5.33. The molecule has 1 aromatic rings. The molecule has 2 rings (SSSR count). The average Bonchev–Trinajstić information content (AvgIpc) is 2.68. The third-order valence-corrected chi connectivity index (χ3v) is 4.19. The summed E-state index contributed by atoms with van der Waals surface area (Å²) in [5.41, 5.74) is 2.20. The molecular weight excluding hydrogens is 278 g/mol. The second-order valence-electron chi connectivity index (χ2n) is 6.78. The number of carbonyl (C=O) groups is 2. The minimum atomic E-state index is -0.379. The molecule has 1 aromatic carbocycles. The number of methoxy groups -OCH3 is 1. The monoisotopic (exact) mass is 303 g/mol. The first-order chi connectivity index (χ1) is 10.4. The van der Waals surface area contributed by atoms with Gasteiger partial charge in [0, 0.05) is 19.5 Å². The van der Waals surface area contributed by atoms with Gasteiger partial charge in [-0.05, 0) is 29.4 Å². The molecule has 4 heteroatoms. The van der Waals surface area contributed by atoms with Gasteiger partial charge in [0.15, 0.2) is 0 Å². The number of amides is 1. The Labute approximate surface area is 132 Å². The Kier molecular flexibility index (Phi) is 5.22. The smallest absolute Gasteiger partial charge is 0.306 e. The van der Waals surface area contributed by atoms with Gasteiger partial charge in [-0.2, -0.15) is 0 Å². The molecule has 4 nitrogen and oxygen atoms in total. The Morgan fingerprint density at radius 2 is 1.86 bits per heavy atom. The summed E-state index contributed by atoms with van der Waals surface area (Å²) >= 11 is 0. The molecule has 0 spiro atoms. The number of nitrogens with zero attached hydrogens (tertiary/aromatic N) is 1. The van der Waals surface area contributed by atoms with Crippen LogP contribution in [0.5, 0.6) is 0 Å². The summed E-state index contributed by atoms with van der Waals surface area (Å²) in [5, 5.41) is 0. The molecule has 0 saturated heterocycles. The zero-order valence-corrected chi connectivity index (χ0v) is 13.7. The summed E-state index contributed by atoms with van der Waals surface area (Å²) in [4.78, 5) is 26.0. The van der Waals surface area contributed by atoms with Gasteiger partial charge in [-0.1, -0.05) is 38.1 Å². The average molecular weight is 303 g/mol. The number of fused-ring (bicyclic) bond motifs is 1. The third-order valence-electron chi connectivity index (χ3n) is 4.19. The second-order valence-corrected chi connectivity index (χ2v) is 6.78. The first-order valence-electron chi connectivity index (χ1n) is 7.83. The molecule has 22 heavy (non-hydrogen) atoms. The molecule has 0 atom stereocenters. The third kappa shape index (κ3) is 4.33. The van der Waals surface area contributed by atoms with Crippen molar-refractivity contribution in [1.82, 2.24) is 4.90 Å². The van der Waals surface area contributed by atoms with E-state index in [1.807, 2.05) is 24.8 Å². The summed E-state index contributed by atoms with van der Waals surface area (Å²) in [6, 6.07) is 8.31. The molecule has 0 N–H and O–H groups in total. The van der Waals surface area contributed by atoms with Crippen LogP contribution >= 0.6 is 0 Å². The van der Waals surface area contributed by atoms with Gasteiger partial charge in [-0.15, -0.1) is 0 Å². The van der Waals surface area contributed by atoms with E-state index in [4.69, 9.17) is 4.74 Å². The molecule has 0 bridgehead atoms. The lowest BCUT2D eigenvalue weighted by Crippen LogP contribution is -2.34. The van der Waals surface area contributed by atoms with Gasteiger partial charge in [0.05, 0.1) is 13.5 Å². The van der Waals surface area contributed by atoms with Crippen molar-refractivity contribution in [2.75, 3.05) is 13.7 Å². The van der Waals surface area contributed by atoms with Gasteiger partial charge < -0.3 is 9.64 Å². The van der Waals surface area contributed by atoms with Crippen molar-refractivity contribution in [3.05, 3.63) is 35.4 Å². The number of esters is 1. The zero-order chi connectivity index (χ0) is 16.2. The first-order valence-corrected chi connectivity index (χ1v) is 7.83. The normalized spacial score (nSPS) is 15.0. The molecular formula is C18H25NO3. The number of hydrogen-bond donors (Lipinski definition) is 0. The van der Waals surface area contributed by atoms with Gasteiger partial charge in [-0.25, -0.2) is 0 Å². The van der Waals surface area contributed by atoms with Crippen LogP contribution in [0.15, 0.2) is 24.3 Å². The summed E-state index contributed by atoms with van der Waals surface area (Å²) < 4.78 is 4.72. The lowest BCUT2D eigenvalue weighted by molar-refractivity contribution is -0.144. The highest BCUT2D eigenvalue weighted by molar-refractivity contribution is 5.78. The van der Waals surface area contributed by atoms with Gasteiger partial charge in [-0.3, -0.25) is 9.59 Å². The van der Waals surface area contributed by atoms with Crippen molar-refractivity contribution in [3.63, 3.8) is 0 Å². The maximum Gasteiger partial charge on any atom is 0.306 e. The van der Waals surface area contributed by atoms with Crippen LogP contribution in [-0.4, -0.2) is 30.4 Å². The second kappa shape index (κ2) is 6.95. The molecule has 0 unspecified atom stereocenters. The van der Waals surface area contributed by atoms with Crippen LogP contribution < -0.4 is 0 Å². The van der Waals surface area contributed by atoms with Crippen LogP contribution in [0.25, 0.3) is 0 Å². The molecule has 1 aliphatic heterocycles. The number of hydrogen-bond acceptors (Lipinski definition) is 3. The summed E-state index contributed by atoms with van der Waals surface area (Å²) in [6.07, 6.45) is 2.63. The Bertz CT molecular complexity index is 551. The molecule has 0 aromatic heterocycles. The van der Waals surface area contributed by atoms with E-state index >= 15 is 0 Å². The van der Waals surface area contributed by atoms with Crippen molar-refractivity contribution in [3.8, 4) is 0 Å². The molecule has 1 aliphatic rings. The Hall–Kier alpha value is -1.84. The molecule has 0 aliphatic carbocycles. The number of carbonyl (C=O) groups excluding carboxylic acids is 2. The number of aryl methyl sites for hydroxylation is 1. The fourth-order valence-corrected chi connectivity index (χ4v) is 2.96. The molecule has 120 valence electrons. The molecule has 1 amide bonds. The van der Waals surface area contributed by atoms with Crippen molar-refractivity contribution >= 4 is 11.9 Å². The maximum atomic E-state index is 12.6. The van der Waals surface area contributed by atoms with Gasteiger partial charge >= 0.3 is 5.97 Å². The molecule has 0 fully saturated rings. The Morgan fingerprint density at radius 3 is 2.55 bits per heavy atom. The van der Waals surface area contributed by atoms with Crippen LogP contribution in [0.4, 0.5) is 0 Å². The topological polar surface area (TPSA) is 46.6 Å². The predicted octanol–water partition coefficient (Wildman–Crippen LogP) is 2.94. The predicted molar refractivity (Wildman–Crippen MR) is 85.2 cm³/mol. The van der Waals surface area contributed by atoms with E-state index in [9.17, 15) is 9.59 Å². The zero-order valence-electron chi connectivity index (χ0n) is 13.7. The van der Waals surface area contributed by atoms with Gasteiger partial charge in [0.2, 0.25) is 5.91 Å². The molecule has 0 radical (unpaired) electrons. The van der Waals surface area contributed by atoms with Crippen LogP contribution in [0.2, 0.25) is 0 Å². The van der Waals surface area contributed by atoms with Crippen molar-refractivity contribution < 1.29 is 14.3 Å². The maximum absolute atomic E-state index is 12.6. The fraction of sp³-hybridized carbons (Fsp3) is 0.556. The van der Waals surface area contributed by atoms with Crippen molar-refractivity contribution in [1.29, 1.82) is 0 Å². The minimum absolute atomic E-state index is 0.116. The van der Waals surface area contributed by atoms with E-state index in [0.29, 0.717) is 13.0 Å². The largest absolute Gasteiger partial charge is 0.469 e. The number of benzene rings is 1. The SMILES string of the molecule is COC(=O)CC(C)(C)CC(=O)N1CCCc2ccccc2C1. The fourth-order valence-electron chi connectivity index (χ4n) is 2.96. The van der Waals surface area contributed by atoms with E-state index in [1.54, 1.807) is 0 Å². The number of rotatable bonds is 4. The lowest BCUT2D eigenvalue weighted by atomic mass is 9.85. The molecule has 1 heterocycles. The van der Waals surface area contributed by atoms with Crippen LogP contribution in [-0.2, 0) is 27.3 Å². The van der Waals surface area contributed by atoms with Crippen LogP contribution in [0.3, 0.4) is 0 Å². The lowest BCUT2D eigenvalue weighted by Gasteiger charge is -2.27. The van der Waals surface area contributed by atoms with Crippen LogP contribution in [0, 0.1) is 5.41 Å². The number of ether oxygens (including phenoxy) is 1. The van der Waals surface area contributed by atoms with E-state index in [0.717, 1.165) is 19.4 Å². The highest BCUT2D eigenvalue weighted by Crippen LogP contribution is 2.28. The Morgan fingerprint density at radius 1 is 1.18 bits per heavy atom. The summed E-state index contributed by atoms with van der Waals surface area (Å²) in [5.74, 6) is -0.149. The quantitative estimate of drug-likeness (QED) is 0.803. The van der Waals surface area contributed by atoms with Gasteiger partial charge in [0.25, 0.3) is 0 Å². The minimum Gasteiger partial charge on any atom is -0.469 e. The molecule has 0 saturated carbocycles. The van der Waals surface area contributed by atoms with Crippen LogP contribution in [0.1, 0.15) is 44.2 Å². The van der Waals surface area contributed by atoms with E-state index in [2.05, 4.69) is 18.2 Å². The Balaban J connectivity index is 2.02. The van der Waals surface area contributed by atoms with Crippen molar-refractivity contribution in [2.45, 2.75) is 46.1 Å². The van der Waals surface area contributed by atoms with Gasteiger partial charge in [0.1, 0.15) is 0 Å². The first kappa shape index (κ1) is 16.5. The standard InChI is InChI=1S/C18H25NO3/c1-18(2,12-17(21)22-3)11-16(20)19-10-6-9-14-7-4-5-8-15(14)13-19/h4-5,7-8H,6,9-13H2,1-3H3. The highest BCUT2D eigenvalue weighted by Gasteiger charge is 2.29. The van der Waals surface area contributed by atoms with E-state index in [1.165, 1.54) is 18.2 Å². The van der Waals surface area contributed by atoms with E-state index < -0.39 is 0 Å². The highest BCUT2D eigenvalue weighted by atomic mass is 16.5. The van der Waals surface area contributed by atoms with E-state index in [-0.39, 0.29) is 23.7 Å². The summed E-state index contributed by atoms with van der Waals surface area (Å²) in [7, 11) is 1.38.